The zero-order valence-electron chi connectivity index (χ0n) is 9.32. The zero-order valence-corrected chi connectivity index (χ0v) is 9.32. The van der Waals surface area contributed by atoms with Crippen LogP contribution in [0.1, 0.15) is 44.9 Å². The van der Waals surface area contributed by atoms with Crippen molar-refractivity contribution in [3.63, 3.8) is 0 Å². The third-order valence-electron chi connectivity index (χ3n) is 3.93. The van der Waals surface area contributed by atoms with Crippen molar-refractivity contribution in [1.29, 1.82) is 0 Å². The third-order valence-corrected chi connectivity index (χ3v) is 3.93. The van der Waals surface area contributed by atoms with E-state index >= 15 is 0 Å². The molecule has 2 rings (SSSR count). The molecule has 0 aliphatic heterocycles. The predicted octanol–water partition coefficient (Wildman–Crippen LogP) is 3.51. The van der Waals surface area contributed by atoms with Gasteiger partial charge in [0.1, 0.15) is 0 Å². The van der Waals surface area contributed by atoms with Gasteiger partial charge in [0.15, 0.2) is 0 Å². The topological polar surface area (TPSA) is 9.23 Å². The van der Waals surface area contributed by atoms with E-state index in [-0.39, 0.29) is 0 Å². The highest BCUT2D eigenvalue weighted by Crippen LogP contribution is 2.41. The van der Waals surface area contributed by atoms with E-state index in [4.69, 9.17) is 11.2 Å². The molecule has 0 bridgehead atoms. The molecule has 0 amide bonds. The molecule has 1 nitrogen and oxygen atoms in total. The molecular formula is C14H20O. The van der Waals surface area contributed by atoms with Gasteiger partial charge in [0.25, 0.3) is 0 Å². The van der Waals surface area contributed by atoms with Gasteiger partial charge in [0, 0.05) is 6.08 Å². The average molecular weight is 204 g/mol. The molecule has 2 aliphatic rings. The molecule has 3 atom stereocenters. The van der Waals surface area contributed by atoms with E-state index in [1.165, 1.54) is 44.9 Å². The van der Waals surface area contributed by atoms with Gasteiger partial charge in [0.2, 0.25) is 0 Å². The third kappa shape index (κ3) is 2.78. The fraction of sp³-hybridized carbons (Fsp3) is 0.714. The maximum atomic E-state index is 5.65. The number of ether oxygens (including phenoxy) is 1. The Kier molecular flexibility index (Phi) is 3.72. The van der Waals surface area contributed by atoms with Crippen LogP contribution in [0.25, 0.3) is 0 Å². The molecule has 0 aromatic carbocycles. The second-order valence-electron chi connectivity index (χ2n) is 4.85. The molecule has 0 spiro atoms. The summed E-state index contributed by atoms with van der Waals surface area (Å²) in [6.07, 6.45) is 18.5. The lowest BCUT2D eigenvalue weighted by molar-refractivity contribution is 0.0373. The molecule has 2 aliphatic carbocycles. The van der Waals surface area contributed by atoms with Crippen LogP contribution in [0.15, 0.2) is 12.3 Å². The summed E-state index contributed by atoms with van der Waals surface area (Å²) in [5.41, 5.74) is 0. The highest BCUT2D eigenvalue weighted by Gasteiger charge is 2.32. The summed E-state index contributed by atoms with van der Waals surface area (Å²) < 4.78 is 5.65. The van der Waals surface area contributed by atoms with E-state index in [9.17, 15) is 0 Å². The smallest absolute Gasteiger partial charge is 0.0981 e. The molecule has 0 N–H and O–H groups in total. The lowest BCUT2D eigenvalue weighted by atomic mass is 9.70. The first-order chi connectivity index (χ1) is 7.40. The number of allylic oxidation sites excluding steroid dienone is 1. The van der Waals surface area contributed by atoms with Crippen LogP contribution in [0.2, 0.25) is 0 Å². The largest absolute Gasteiger partial charge is 0.497 e. The second kappa shape index (κ2) is 5.26. The van der Waals surface area contributed by atoms with Gasteiger partial charge in [-0.15, -0.1) is 6.42 Å². The average Bonchev–Trinajstić information content (AvgIpc) is 2.29. The monoisotopic (exact) mass is 204 g/mol. The van der Waals surface area contributed by atoms with E-state index < -0.39 is 0 Å². The van der Waals surface area contributed by atoms with Crippen LogP contribution in [-0.4, -0.2) is 6.10 Å². The van der Waals surface area contributed by atoms with E-state index in [0.717, 1.165) is 11.8 Å². The fourth-order valence-corrected chi connectivity index (χ4v) is 3.14. The molecule has 0 radical (unpaired) electrons. The van der Waals surface area contributed by atoms with E-state index in [1.807, 2.05) is 0 Å². The van der Waals surface area contributed by atoms with Gasteiger partial charge in [-0.1, -0.05) is 31.6 Å². The summed E-state index contributed by atoms with van der Waals surface area (Å²) in [6.45, 7) is 0. The quantitative estimate of drug-likeness (QED) is 0.494. The molecule has 82 valence electrons. The summed E-state index contributed by atoms with van der Waals surface area (Å²) in [5, 5.41) is 0. The first-order valence-corrected chi connectivity index (χ1v) is 6.16. The van der Waals surface area contributed by atoms with E-state index in [2.05, 4.69) is 5.92 Å². The van der Waals surface area contributed by atoms with E-state index in [0.29, 0.717) is 6.10 Å². The fourth-order valence-electron chi connectivity index (χ4n) is 3.14. The minimum atomic E-state index is 0.425. The lowest BCUT2D eigenvalue weighted by Crippen LogP contribution is -2.30. The molecule has 0 heterocycles. The Morgan fingerprint density at radius 1 is 1.07 bits per heavy atom. The summed E-state index contributed by atoms with van der Waals surface area (Å²) in [6, 6.07) is 0. The van der Waals surface area contributed by atoms with Crippen molar-refractivity contribution in [2.45, 2.75) is 51.0 Å². The van der Waals surface area contributed by atoms with Gasteiger partial charge in [-0.25, -0.2) is 0 Å². The Hall–Kier alpha value is -0.900. The van der Waals surface area contributed by atoms with Gasteiger partial charge >= 0.3 is 0 Å². The molecule has 0 saturated heterocycles. The Morgan fingerprint density at radius 3 is 2.67 bits per heavy atom. The maximum absolute atomic E-state index is 5.65. The lowest BCUT2D eigenvalue weighted by Gasteiger charge is -2.38. The Bertz CT molecular complexity index is 261. The first-order valence-electron chi connectivity index (χ1n) is 6.16. The van der Waals surface area contributed by atoms with Crippen molar-refractivity contribution in [3.8, 4) is 12.3 Å². The van der Waals surface area contributed by atoms with Crippen LogP contribution in [0, 0.1) is 24.2 Å². The molecule has 3 unspecified atom stereocenters. The van der Waals surface area contributed by atoms with Crippen LogP contribution >= 0.6 is 0 Å². The number of terminal acetylenes is 1. The summed E-state index contributed by atoms with van der Waals surface area (Å²) >= 11 is 0. The van der Waals surface area contributed by atoms with Gasteiger partial charge < -0.3 is 4.74 Å². The number of rotatable bonds is 2. The second-order valence-corrected chi connectivity index (χ2v) is 4.85. The van der Waals surface area contributed by atoms with Crippen LogP contribution in [0.5, 0.6) is 0 Å². The Morgan fingerprint density at radius 2 is 1.87 bits per heavy atom. The number of hydrogen-bond acceptors (Lipinski definition) is 1. The van der Waals surface area contributed by atoms with Crippen molar-refractivity contribution < 1.29 is 4.74 Å². The molecule has 2 fully saturated rings. The van der Waals surface area contributed by atoms with Crippen molar-refractivity contribution in [2.75, 3.05) is 0 Å². The van der Waals surface area contributed by atoms with Crippen LogP contribution in [0.4, 0.5) is 0 Å². The summed E-state index contributed by atoms with van der Waals surface area (Å²) in [4.78, 5) is 0. The standard InChI is InChI=1S/C14H20O/c1-2-3-10-15-14-9-8-12-6-4-5-7-13(12)11-14/h1,3,10,12-14H,4-9,11H2. The van der Waals surface area contributed by atoms with Crippen molar-refractivity contribution in [1.82, 2.24) is 0 Å². The van der Waals surface area contributed by atoms with Crippen molar-refractivity contribution in [2.24, 2.45) is 11.8 Å². The van der Waals surface area contributed by atoms with Crippen molar-refractivity contribution in [3.05, 3.63) is 12.3 Å². The predicted molar refractivity (Wildman–Crippen MR) is 62.1 cm³/mol. The normalized spacial score (nSPS) is 35.8. The molecule has 15 heavy (non-hydrogen) atoms. The molecular weight excluding hydrogens is 184 g/mol. The minimum absolute atomic E-state index is 0.425. The van der Waals surface area contributed by atoms with E-state index in [1.54, 1.807) is 12.3 Å². The highest BCUT2D eigenvalue weighted by molar-refractivity contribution is 5.06. The molecule has 2 saturated carbocycles. The highest BCUT2D eigenvalue weighted by atomic mass is 16.5. The van der Waals surface area contributed by atoms with Crippen LogP contribution < -0.4 is 0 Å². The first kappa shape index (κ1) is 10.6. The van der Waals surface area contributed by atoms with Gasteiger partial charge in [-0.3, -0.25) is 0 Å². The van der Waals surface area contributed by atoms with Crippen LogP contribution in [0.3, 0.4) is 0 Å². The molecule has 0 aromatic rings. The maximum Gasteiger partial charge on any atom is 0.0981 e. The number of hydrogen-bond donors (Lipinski definition) is 0. The molecule has 0 aromatic heterocycles. The van der Waals surface area contributed by atoms with Gasteiger partial charge in [0.05, 0.1) is 12.4 Å². The SMILES string of the molecule is C#CC=COC1CCC2CCCCC2C1. The zero-order chi connectivity index (χ0) is 10.5. The van der Waals surface area contributed by atoms with Gasteiger partial charge in [-0.2, -0.15) is 0 Å². The minimum Gasteiger partial charge on any atom is -0.497 e. The Balaban J connectivity index is 1.81. The van der Waals surface area contributed by atoms with Crippen LogP contribution in [-0.2, 0) is 4.74 Å². The Labute approximate surface area is 92.9 Å². The van der Waals surface area contributed by atoms with Gasteiger partial charge in [-0.05, 0) is 31.1 Å². The number of fused-ring (bicyclic) bond motifs is 1. The summed E-state index contributed by atoms with van der Waals surface area (Å²) in [5.74, 6) is 4.38. The van der Waals surface area contributed by atoms with Crippen molar-refractivity contribution >= 4 is 0 Å². The summed E-state index contributed by atoms with van der Waals surface area (Å²) in [7, 11) is 0. The molecule has 1 heteroatoms.